The summed E-state index contributed by atoms with van der Waals surface area (Å²) >= 11 is 0. The van der Waals surface area contributed by atoms with Crippen LogP contribution in [0.25, 0.3) is 0 Å². The summed E-state index contributed by atoms with van der Waals surface area (Å²) in [4.78, 5) is 16.7. The van der Waals surface area contributed by atoms with Crippen molar-refractivity contribution in [3.63, 3.8) is 0 Å². The summed E-state index contributed by atoms with van der Waals surface area (Å²) < 4.78 is 73.5. The lowest BCUT2D eigenvalue weighted by molar-refractivity contribution is -0.137. The number of anilines is 1. The number of hydrogen-bond donors (Lipinski definition) is 1. The standard InChI is InChI=1S/C20H27F3N4O/c21-20(22,23)15-4-3-5-16(14-15)26-11-8-25(9-12-26)10-13-27-18-7-2-1-6-17(18)24-19(27)28/h3-5,14,17-18H,1-2,6-13H2,(H,24,28)/i10D2,13D2. The van der Waals surface area contributed by atoms with Gasteiger partial charge in [0.15, 0.2) is 0 Å². The number of hydrogen-bond acceptors (Lipinski definition) is 3. The molecule has 2 heterocycles. The Kier molecular flexibility index (Phi) is 4.17. The van der Waals surface area contributed by atoms with Crippen LogP contribution in [0.2, 0.25) is 0 Å². The normalized spacial score (nSPS) is 29.5. The Hall–Kier alpha value is -1.96. The van der Waals surface area contributed by atoms with Crippen LogP contribution in [0.3, 0.4) is 0 Å². The SMILES string of the molecule is [2H]C([2H])(N1CCN(c2cccc(C(F)(F)F)c2)CC1)C([2H])([2H])N1C(=O)NC2CCCCC21. The minimum absolute atomic E-state index is 0.117. The van der Waals surface area contributed by atoms with Gasteiger partial charge in [-0.15, -0.1) is 0 Å². The Balaban J connectivity index is 1.47. The molecule has 0 spiro atoms. The van der Waals surface area contributed by atoms with Gasteiger partial charge in [0.2, 0.25) is 0 Å². The van der Waals surface area contributed by atoms with E-state index in [-0.39, 0.29) is 38.3 Å². The molecular weight excluding hydrogens is 369 g/mol. The number of carbonyl (C=O) groups is 1. The lowest BCUT2D eigenvalue weighted by Gasteiger charge is -2.37. The molecule has 0 radical (unpaired) electrons. The number of alkyl halides is 3. The van der Waals surface area contributed by atoms with Gasteiger partial charge in [0, 0.05) is 47.6 Å². The number of fused-ring (bicyclic) bond motifs is 1. The molecule has 1 saturated carbocycles. The van der Waals surface area contributed by atoms with Crippen LogP contribution in [0.5, 0.6) is 0 Å². The minimum Gasteiger partial charge on any atom is -0.369 e. The molecule has 1 N–H and O–H groups in total. The maximum atomic E-state index is 13.0. The molecule has 1 aromatic rings. The molecule has 154 valence electrons. The van der Waals surface area contributed by atoms with Gasteiger partial charge in [0.05, 0.1) is 20.4 Å². The second kappa shape index (κ2) is 7.81. The van der Waals surface area contributed by atoms with Gasteiger partial charge >= 0.3 is 12.2 Å². The van der Waals surface area contributed by atoms with Gasteiger partial charge in [-0.25, -0.2) is 4.79 Å². The minimum atomic E-state index is -4.45. The summed E-state index contributed by atoms with van der Waals surface area (Å²) in [5, 5.41) is 2.79. The van der Waals surface area contributed by atoms with Crippen molar-refractivity contribution in [1.29, 1.82) is 0 Å². The molecule has 28 heavy (non-hydrogen) atoms. The summed E-state index contributed by atoms with van der Waals surface area (Å²) in [6.45, 7) is -4.30. The van der Waals surface area contributed by atoms with Gasteiger partial charge in [-0.1, -0.05) is 18.9 Å². The van der Waals surface area contributed by atoms with Crippen LogP contribution in [0.15, 0.2) is 24.3 Å². The first-order valence-corrected chi connectivity index (χ1v) is 9.70. The predicted octanol–water partition coefficient (Wildman–Crippen LogP) is 3.16. The average Bonchev–Trinajstić information content (AvgIpc) is 3.09. The van der Waals surface area contributed by atoms with E-state index in [9.17, 15) is 18.0 Å². The smallest absolute Gasteiger partial charge is 0.369 e. The number of rotatable bonds is 4. The van der Waals surface area contributed by atoms with Crippen molar-refractivity contribution in [2.24, 2.45) is 0 Å². The van der Waals surface area contributed by atoms with E-state index in [0.29, 0.717) is 12.1 Å². The van der Waals surface area contributed by atoms with E-state index < -0.39 is 30.8 Å². The van der Waals surface area contributed by atoms with Crippen molar-refractivity contribution < 1.29 is 23.4 Å². The van der Waals surface area contributed by atoms with Gasteiger partial charge in [-0.05, 0) is 31.0 Å². The third kappa shape index (κ3) is 4.06. The van der Waals surface area contributed by atoms with Crippen LogP contribution >= 0.6 is 0 Å². The van der Waals surface area contributed by atoms with Crippen LogP contribution in [0.1, 0.15) is 36.7 Å². The Labute approximate surface area is 169 Å². The van der Waals surface area contributed by atoms with Gasteiger partial charge in [-0.2, -0.15) is 13.2 Å². The van der Waals surface area contributed by atoms with Crippen molar-refractivity contribution >= 4 is 11.7 Å². The molecule has 2 amide bonds. The summed E-state index contributed by atoms with van der Waals surface area (Å²) in [5.41, 5.74) is -0.349. The van der Waals surface area contributed by atoms with Crippen LogP contribution in [0, 0.1) is 0 Å². The molecule has 1 aromatic carbocycles. The largest absolute Gasteiger partial charge is 0.416 e. The zero-order chi connectivity index (χ0) is 23.3. The molecular formula is C20H27F3N4O. The van der Waals surface area contributed by atoms with E-state index in [1.165, 1.54) is 11.0 Å². The molecule has 2 saturated heterocycles. The van der Waals surface area contributed by atoms with E-state index in [0.717, 1.165) is 36.3 Å². The molecule has 4 rings (SSSR count). The third-order valence-electron chi connectivity index (χ3n) is 5.74. The molecule has 5 nitrogen and oxygen atoms in total. The van der Waals surface area contributed by atoms with Crippen molar-refractivity contribution in [3.8, 4) is 0 Å². The molecule has 2 unspecified atom stereocenters. The van der Waals surface area contributed by atoms with Crippen molar-refractivity contribution in [2.75, 3.05) is 44.1 Å². The first kappa shape index (κ1) is 15.0. The topological polar surface area (TPSA) is 38.8 Å². The number of carbonyl (C=O) groups excluding carboxylic acids is 1. The van der Waals surface area contributed by atoms with E-state index in [1.54, 1.807) is 11.0 Å². The average molecular weight is 400 g/mol. The highest BCUT2D eigenvalue weighted by Gasteiger charge is 2.40. The summed E-state index contributed by atoms with van der Waals surface area (Å²) in [6.07, 6.45) is -1.26. The van der Waals surface area contributed by atoms with E-state index in [2.05, 4.69) is 5.32 Å². The van der Waals surface area contributed by atoms with Gasteiger partial charge < -0.3 is 15.1 Å². The Morgan fingerprint density at radius 1 is 1.11 bits per heavy atom. The zero-order valence-corrected chi connectivity index (χ0v) is 15.5. The maximum absolute atomic E-state index is 13.0. The second-order valence-corrected chi connectivity index (χ2v) is 7.52. The highest BCUT2D eigenvalue weighted by atomic mass is 19.4. The fourth-order valence-corrected chi connectivity index (χ4v) is 4.18. The van der Waals surface area contributed by atoms with Crippen molar-refractivity contribution in [3.05, 3.63) is 29.8 Å². The van der Waals surface area contributed by atoms with Crippen LogP contribution in [-0.2, 0) is 6.18 Å². The lowest BCUT2D eigenvalue weighted by Crippen LogP contribution is -2.49. The Morgan fingerprint density at radius 2 is 1.86 bits per heavy atom. The molecule has 0 aromatic heterocycles. The van der Waals surface area contributed by atoms with Crippen LogP contribution in [0.4, 0.5) is 23.7 Å². The molecule has 1 aliphatic carbocycles. The van der Waals surface area contributed by atoms with Crippen LogP contribution < -0.4 is 10.2 Å². The summed E-state index contributed by atoms with van der Waals surface area (Å²) in [5.74, 6) is 0. The van der Waals surface area contributed by atoms with Crippen LogP contribution in [-0.4, -0.2) is 67.1 Å². The molecule has 2 atom stereocenters. The highest BCUT2D eigenvalue weighted by Crippen LogP contribution is 2.32. The van der Waals surface area contributed by atoms with Gasteiger partial charge in [-0.3, -0.25) is 4.90 Å². The molecule has 3 aliphatic rings. The van der Waals surface area contributed by atoms with E-state index in [4.69, 9.17) is 5.48 Å². The number of nitrogens with zero attached hydrogens (tertiary/aromatic N) is 3. The monoisotopic (exact) mass is 400 g/mol. The number of amides is 2. The fourth-order valence-electron chi connectivity index (χ4n) is 4.18. The molecule has 0 bridgehead atoms. The number of halogens is 3. The fraction of sp³-hybridized carbons (Fsp3) is 0.650. The van der Waals surface area contributed by atoms with Crippen molar-refractivity contribution in [1.82, 2.24) is 15.1 Å². The Morgan fingerprint density at radius 3 is 2.61 bits per heavy atom. The summed E-state index contributed by atoms with van der Waals surface area (Å²) in [7, 11) is 0. The number of nitrogens with one attached hydrogen (secondary N) is 1. The van der Waals surface area contributed by atoms with Gasteiger partial charge in [0.25, 0.3) is 0 Å². The quantitative estimate of drug-likeness (QED) is 0.844. The van der Waals surface area contributed by atoms with Crippen molar-refractivity contribution in [2.45, 2.75) is 43.9 Å². The third-order valence-corrected chi connectivity index (χ3v) is 5.74. The second-order valence-electron chi connectivity index (χ2n) is 7.52. The molecule has 2 aliphatic heterocycles. The molecule has 8 heteroatoms. The number of benzene rings is 1. The number of urea groups is 1. The van der Waals surface area contributed by atoms with Gasteiger partial charge in [0.1, 0.15) is 0 Å². The number of piperazine rings is 1. The first-order chi connectivity index (χ1) is 14.9. The zero-order valence-electron chi connectivity index (χ0n) is 19.5. The molecule has 3 fully saturated rings. The highest BCUT2D eigenvalue weighted by molar-refractivity contribution is 5.77. The maximum Gasteiger partial charge on any atom is 0.416 e. The van der Waals surface area contributed by atoms with E-state index in [1.807, 2.05) is 0 Å². The lowest BCUT2D eigenvalue weighted by atomic mass is 9.91. The predicted molar refractivity (Wildman–Crippen MR) is 101 cm³/mol. The first-order valence-electron chi connectivity index (χ1n) is 11.7. The Bertz CT molecular complexity index is 861. The van der Waals surface area contributed by atoms with E-state index >= 15 is 0 Å². The summed E-state index contributed by atoms with van der Waals surface area (Å²) in [6, 6.07) is 3.87.